The molecule has 0 unspecified atom stereocenters. The van der Waals surface area contributed by atoms with E-state index in [4.69, 9.17) is 17.0 Å². The van der Waals surface area contributed by atoms with Gasteiger partial charge < -0.3 is 9.72 Å². The Balaban J connectivity index is 1.69. The molecule has 4 aromatic rings. The van der Waals surface area contributed by atoms with E-state index < -0.39 is 0 Å². The number of hydrogen-bond acceptors (Lipinski definition) is 4. The van der Waals surface area contributed by atoms with Crippen LogP contribution in [-0.4, -0.2) is 16.7 Å². The first-order chi connectivity index (χ1) is 13.1. The van der Waals surface area contributed by atoms with Gasteiger partial charge in [-0.3, -0.25) is 9.36 Å². The first kappa shape index (κ1) is 17.7. The van der Waals surface area contributed by atoms with Crippen LogP contribution in [0.3, 0.4) is 0 Å². The largest absolute Gasteiger partial charge is 0.497 e. The summed E-state index contributed by atoms with van der Waals surface area (Å²) in [4.78, 5) is 18.2. The Morgan fingerprint density at radius 1 is 1.07 bits per heavy atom. The Morgan fingerprint density at radius 2 is 1.81 bits per heavy atom. The number of aromatic amines is 1. The average molecular weight is 395 g/mol. The summed E-state index contributed by atoms with van der Waals surface area (Å²) < 4.78 is 7.23. The lowest BCUT2D eigenvalue weighted by Gasteiger charge is -2.07. The van der Waals surface area contributed by atoms with E-state index in [1.54, 1.807) is 23.0 Å². The van der Waals surface area contributed by atoms with Gasteiger partial charge in [0.1, 0.15) is 10.6 Å². The Labute approximate surface area is 165 Å². The number of benzene rings is 2. The summed E-state index contributed by atoms with van der Waals surface area (Å²) in [5, 5.41) is 0.688. The minimum absolute atomic E-state index is 0.0554. The molecule has 4 rings (SSSR count). The summed E-state index contributed by atoms with van der Waals surface area (Å²) in [7, 11) is 1.63. The molecule has 6 heteroatoms. The first-order valence-electron chi connectivity index (χ1n) is 8.56. The highest BCUT2D eigenvalue weighted by atomic mass is 32.1. The van der Waals surface area contributed by atoms with E-state index in [-0.39, 0.29) is 5.56 Å². The number of rotatable bonds is 5. The van der Waals surface area contributed by atoms with Gasteiger partial charge in [-0.05, 0) is 41.5 Å². The second-order valence-corrected chi connectivity index (χ2v) is 7.81. The van der Waals surface area contributed by atoms with E-state index in [1.807, 2.05) is 48.5 Å². The van der Waals surface area contributed by atoms with Gasteiger partial charge in [0.15, 0.2) is 4.77 Å². The van der Waals surface area contributed by atoms with Crippen LogP contribution < -0.4 is 10.3 Å². The van der Waals surface area contributed by atoms with Gasteiger partial charge in [0.2, 0.25) is 0 Å². The van der Waals surface area contributed by atoms with E-state index in [9.17, 15) is 4.79 Å². The molecular weight excluding hydrogens is 376 g/mol. The van der Waals surface area contributed by atoms with E-state index in [2.05, 4.69) is 17.1 Å². The third-order valence-corrected chi connectivity index (χ3v) is 5.82. The topological polar surface area (TPSA) is 47.0 Å². The van der Waals surface area contributed by atoms with Gasteiger partial charge in [-0.15, -0.1) is 11.3 Å². The standard InChI is InChI=1S/C21H18N2O2S2/c1-25-16-9-7-15(8-10-16)13-23-20(24)18-12-17(27-19(18)22-21(23)26)11-14-5-3-2-4-6-14/h2-10,12H,11,13H2,1H3,(H,22,26). The highest BCUT2D eigenvalue weighted by Gasteiger charge is 2.11. The molecule has 0 radical (unpaired) electrons. The summed E-state index contributed by atoms with van der Waals surface area (Å²) in [6.07, 6.45) is 0.804. The van der Waals surface area contributed by atoms with E-state index in [0.29, 0.717) is 16.7 Å². The number of hydrogen-bond donors (Lipinski definition) is 1. The van der Waals surface area contributed by atoms with Gasteiger partial charge >= 0.3 is 0 Å². The van der Waals surface area contributed by atoms with Gasteiger partial charge in [-0.2, -0.15) is 0 Å². The van der Waals surface area contributed by atoms with E-state index in [1.165, 1.54) is 5.56 Å². The van der Waals surface area contributed by atoms with Crippen LogP contribution in [0.5, 0.6) is 5.75 Å². The van der Waals surface area contributed by atoms with Crippen LogP contribution in [0, 0.1) is 4.77 Å². The monoisotopic (exact) mass is 394 g/mol. The highest BCUT2D eigenvalue weighted by molar-refractivity contribution is 7.71. The van der Waals surface area contributed by atoms with Gasteiger partial charge in [0, 0.05) is 11.3 Å². The molecule has 0 atom stereocenters. The Bertz CT molecular complexity index is 1190. The molecule has 2 heterocycles. The number of ether oxygens (including phenoxy) is 1. The predicted octanol–water partition coefficient (Wildman–Crippen LogP) is 4.77. The number of nitrogens with zero attached hydrogens (tertiary/aromatic N) is 1. The zero-order chi connectivity index (χ0) is 18.8. The third kappa shape index (κ3) is 3.72. The summed E-state index contributed by atoms with van der Waals surface area (Å²) in [6.45, 7) is 0.429. The van der Waals surface area contributed by atoms with Crippen molar-refractivity contribution >= 4 is 33.8 Å². The van der Waals surface area contributed by atoms with E-state index >= 15 is 0 Å². The number of aromatic nitrogens is 2. The first-order valence-corrected chi connectivity index (χ1v) is 9.79. The molecule has 0 aliphatic heterocycles. The average Bonchev–Trinajstić information content (AvgIpc) is 3.09. The molecule has 0 spiro atoms. The van der Waals surface area contributed by atoms with Crippen LogP contribution in [0.4, 0.5) is 0 Å². The molecule has 0 amide bonds. The molecule has 0 bridgehead atoms. The fourth-order valence-electron chi connectivity index (χ4n) is 3.04. The van der Waals surface area contributed by atoms with Crippen LogP contribution in [0.1, 0.15) is 16.0 Å². The number of fused-ring (bicyclic) bond motifs is 1. The molecule has 136 valence electrons. The fourth-order valence-corrected chi connectivity index (χ4v) is 4.43. The number of H-pyrrole nitrogens is 1. The lowest BCUT2D eigenvalue weighted by atomic mass is 10.1. The molecule has 27 heavy (non-hydrogen) atoms. The summed E-state index contributed by atoms with van der Waals surface area (Å²) in [6, 6.07) is 19.9. The van der Waals surface area contributed by atoms with Gasteiger partial charge in [-0.1, -0.05) is 42.5 Å². The summed E-state index contributed by atoms with van der Waals surface area (Å²) in [5.41, 5.74) is 2.16. The number of nitrogens with one attached hydrogen (secondary N) is 1. The van der Waals surface area contributed by atoms with Crippen LogP contribution in [0.2, 0.25) is 0 Å². The molecule has 0 saturated heterocycles. The SMILES string of the molecule is COc1ccc(Cn2c(=S)[nH]c3sc(Cc4ccccc4)cc3c2=O)cc1. The Kier molecular flexibility index (Phi) is 4.92. The van der Waals surface area contributed by atoms with Crippen LogP contribution in [-0.2, 0) is 13.0 Å². The van der Waals surface area contributed by atoms with Crippen LogP contribution in [0.15, 0.2) is 65.5 Å². The molecule has 4 nitrogen and oxygen atoms in total. The molecule has 0 fully saturated rings. The quantitative estimate of drug-likeness (QED) is 0.496. The zero-order valence-electron chi connectivity index (χ0n) is 14.8. The van der Waals surface area contributed by atoms with Crippen molar-refractivity contribution in [2.24, 2.45) is 0 Å². The summed E-state index contributed by atoms with van der Waals surface area (Å²) >= 11 is 7.03. The third-order valence-electron chi connectivity index (χ3n) is 4.45. The molecule has 0 aliphatic carbocycles. The maximum absolute atomic E-state index is 13.0. The second-order valence-electron chi connectivity index (χ2n) is 6.29. The lowest BCUT2D eigenvalue weighted by Crippen LogP contribution is -2.22. The fraction of sp³-hybridized carbons (Fsp3) is 0.143. The molecular formula is C21H18N2O2S2. The predicted molar refractivity (Wildman–Crippen MR) is 113 cm³/mol. The van der Waals surface area contributed by atoms with Gasteiger partial charge in [-0.25, -0.2) is 0 Å². The summed E-state index contributed by atoms with van der Waals surface area (Å²) in [5.74, 6) is 0.787. The van der Waals surface area contributed by atoms with Crippen molar-refractivity contribution in [1.82, 2.24) is 9.55 Å². The minimum atomic E-state index is -0.0554. The van der Waals surface area contributed by atoms with Crippen molar-refractivity contribution < 1.29 is 4.74 Å². The molecule has 0 saturated carbocycles. The van der Waals surface area contributed by atoms with Crippen molar-refractivity contribution in [3.8, 4) is 5.75 Å². The number of thiophene rings is 1. The smallest absolute Gasteiger partial charge is 0.263 e. The molecule has 1 N–H and O–H groups in total. The van der Waals surface area contributed by atoms with Crippen molar-refractivity contribution in [1.29, 1.82) is 0 Å². The number of methoxy groups -OCH3 is 1. The molecule has 2 aromatic carbocycles. The molecule has 0 aliphatic rings. The second kappa shape index (κ2) is 7.50. The van der Waals surface area contributed by atoms with Crippen LogP contribution >= 0.6 is 23.6 Å². The van der Waals surface area contributed by atoms with E-state index in [0.717, 1.165) is 27.4 Å². The molecule has 2 aromatic heterocycles. The van der Waals surface area contributed by atoms with Crippen molar-refractivity contribution in [2.75, 3.05) is 7.11 Å². The van der Waals surface area contributed by atoms with Crippen molar-refractivity contribution in [3.05, 3.63) is 91.8 Å². The zero-order valence-corrected chi connectivity index (χ0v) is 16.4. The Hall–Kier alpha value is -2.70. The van der Waals surface area contributed by atoms with Crippen molar-refractivity contribution in [3.63, 3.8) is 0 Å². The van der Waals surface area contributed by atoms with Gasteiger partial charge in [0.25, 0.3) is 5.56 Å². The maximum atomic E-state index is 13.0. The van der Waals surface area contributed by atoms with Crippen LogP contribution in [0.25, 0.3) is 10.2 Å². The highest BCUT2D eigenvalue weighted by Crippen LogP contribution is 2.24. The Morgan fingerprint density at radius 3 is 2.52 bits per heavy atom. The van der Waals surface area contributed by atoms with Gasteiger partial charge in [0.05, 0.1) is 19.0 Å². The van der Waals surface area contributed by atoms with Crippen molar-refractivity contribution in [2.45, 2.75) is 13.0 Å². The maximum Gasteiger partial charge on any atom is 0.263 e. The lowest BCUT2D eigenvalue weighted by molar-refractivity contribution is 0.414. The normalized spacial score (nSPS) is 11.0. The minimum Gasteiger partial charge on any atom is -0.497 e.